The van der Waals surface area contributed by atoms with E-state index in [0.717, 1.165) is 27.9 Å². The van der Waals surface area contributed by atoms with E-state index in [-0.39, 0.29) is 17.7 Å². The molecule has 162 valence electrons. The van der Waals surface area contributed by atoms with Crippen molar-refractivity contribution in [1.29, 1.82) is 0 Å². The van der Waals surface area contributed by atoms with Gasteiger partial charge < -0.3 is 10.4 Å². The fourth-order valence-corrected chi connectivity index (χ4v) is 4.65. The van der Waals surface area contributed by atoms with Gasteiger partial charge in [0.1, 0.15) is 0 Å². The molecule has 3 aromatic carbocycles. The van der Waals surface area contributed by atoms with Crippen LogP contribution in [0.25, 0.3) is 0 Å². The lowest BCUT2D eigenvalue weighted by atomic mass is 9.66. The molecule has 0 fully saturated rings. The number of amides is 1. The van der Waals surface area contributed by atoms with Gasteiger partial charge in [-0.05, 0) is 42.2 Å². The van der Waals surface area contributed by atoms with E-state index in [2.05, 4.69) is 5.32 Å². The van der Waals surface area contributed by atoms with Crippen molar-refractivity contribution in [2.24, 2.45) is 11.8 Å². The Labute approximate surface area is 188 Å². The van der Waals surface area contributed by atoms with Crippen LogP contribution in [-0.2, 0) is 9.59 Å². The number of carboxylic acid groups (broad SMARTS) is 1. The van der Waals surface area contributed by atoms with E-state index in [9.17, 15) is 14.7 Å². The van der Waals surface area contributed by atoms with Crippen molar-refractivity contribution >= 4 is 17.6 Å². The molecule has 0 spiro atoms. The van der Waals surface area contributed by atoms with E-state index in [1.165, 1.54) is 0 Å². The van der Waals surface area contributed by atoms with E-state index >= 15 is 0 Å². The quantitative estimate of drug-likeness (QED) is 0.516. The molecular formula is C28H27NO3. The maximum Gasteiger partial charge on any atom is 0.308 e. The topological polar surface area (TPSA) is 66.4 Å². The molecular weight excluding hydrogens is 398 g/mol. The van der Waals surface area contributed by atoms with Crippen molar-refractivity contribution in [1.82, 2.24) is 0 Å². The maximum absolute atomic E-state index is 13.7. The van der Waals surface area contributed by atoms with Gasteiger partial charge in [0.2, 0.25) is 5.91 Å². The van der Waals surface area contributed by atoms with E-state index < -0.39 is 17.8 Å². The number of anilines is 1. The van der Waals surface area contributed by atoms with Crippen LogP contribution >= 0.6 is 0 Å². The molecule has 1 amide bonds. The number of aliphatic carboxylic acids is 1. The lowest BCUT2D eigenvalue weighted by Gasteiger charge is -2.37. The Morgan fingerprint density at radius 3 is 1.78 bits per heavy atom. The first-order valence-corrected chi connectivity index (χ1v) is 10.9. The monoisotopic (exact) mass is 425 g/mol. The molecule has 0 aliphatic heterocycles. The van der Waals surface area contributed by atoms with Crippen molar-refractivity contribution in [3.8, 4) is 0 Å². The highest BCUT2D eigenvalue weighted by molar-refractivity contribution is 5.97. The number of carbonyl (C=O) groups is 2. The third-order valence-electron chi connectivity index (χ3n) is 6.51. The molecule has 4 rings (SSSR count). The summed E-state index contributed by atoms with van der Waals surface area (Å²) in [5.41, 5.74) is 4.60. The highest BCUT2D eigenvalue weighted by Gasteiger charge is 2.46. The second-order valence-corrected chi connectivity index (χ2v) is 8.38. The Morgan fingerprint density at radius 1 is 0.719 bits per heavy atom. The first kappa shape index (κ1) is 21.6. The van der Waals surface area contributed by atoms with Crippen LogP contribution in [0.1, 0.15) is 34.1 Å². The van der Waals surface area contributed by atoms with Gasteiger partial charge in [-0.3, -0.25) is 9.59 Å². The van der Waals surface area contributed by atoms with Crippen molar-refractivity contribution in [2.45, 2.75) is 25.7 Å². The zero-order valence-electron chi connectivity index (χ0n) is 18.2. The Kier molecular flexibility index (Phi) is 6.22. The number of benzene rings is 3. The minimum atomic E-state index is -0.967. The SMILES string of the molecule is Cc1cccc(NC(=O)[C@H]2[C@@H](C(=O)O)[C@H](c3ccccc3)C=C[C@H]2c2ccccc2)c1C. The molecule has 0 bridgehead atoms. The van der Waals surface area contributed by atoms with Gasteiger partial charge in [0.05, 0.1) is 11.8 Å². The van der Waals surface area contributed by atoms with Crippen LogP contribution < -0.4 is 5.32 Å². The van der Waals surface area contributed by atoms with Crippen LogP contribution in [0.5, 0.6) is 0 Å². The molecule has 1 aliphatic carbocycles. The van der Waals surface area contributed by atoms with Crippen molar-refractivity contribution in [2.75, 3.05) is 5.32 Å². The molecule has 0 heterocycles. The van der Waals surface area contributed by atoms with Crippen LogP contribution in [0.3, 0.4) is 0 Å². The zero-order chi connectivity index (χ0) is 22.7. The summed E-state index contributed by atoms with van der Waals surface area (Å²) >= 11 is 0. The summed E-state index contributed by atoms with van der Waals surface area (Å²) in [6.45, 7) is 3.95. The van der Waals surface area contributed by atoms with E-state index in [0.29, 0.717) is 0 Å². The summed E-state index contributed by atoms with van der Waals surface area (Å²) in [5, 5.41) is 13.3. The number of nitrogens with one attached hydrogen (secondary N) is 1. The third kappa shape index (κ3) is 4.22. The molecule has 3 aromatic rings. The second-order valence-electron chi connectivity index (χ2n) is 8.38. The fraction of sp³-hybridized carbons (Fsp3) is 0.214. The average molecular weight is 426 g/mol. The molecule has 32 heavy (non-hydrogen) atoms. The first-order valence-electron chi connectivity index (χ1n) is 10.9. The molecule has 0 aromatic heterocycles. The summed E-state index contributed by atoms with van der Waals surface area (Å²) < 4.78 is 0. The largest absolute Gasteiger partial charge is 0.481 e. The average Bonchev–Trinajstić information content (AvgIpc) is 2.82. The number of carboxylic acids is 1. The van der Waals surface area contributed by atoms with Gasteiger partial charge in [0.25, 0.3) is 0 Å². The van der Waals surface area contributed by atoms with E-state index in [1.54, 1.807) is 0 Å². The molecule has 0 unspecified atom stereocenters. The highest BCUT2D eigenvalue weighted by Crippen LogP contribution is 2.45. The Bertz CT molecular complexity index is 1140. The van der Waals surface area contributed by atoms with Crippen molar-refractivity contribution in [3.63, 3.8) is 0 Å². The number of aryl methyl sites for hydroxylation is 1. The van der Waals surface area contributed by atoms with Crippen LogP contribution in [0, 0.1) is 25.7 Å². The van der Waals surface area contributed by atoms with Crippen LogP contribution in [0.2, 0.25) is 0 Å². The third-order valence-corrected chi connectivity index (χ3v) is 6.51. The molecule has 0 saturated carbocycles. The van der Waals surface area contributed by atoms with Gasteiger partial charge in [-0.15, -0.1) is 0 Å². The summed E-state index contributed by atoms with van der Waals surface area (Å²) in [6.07, 6.45) is 3.95. The number of hydrogen-bond acceptors (Lipinski definition) is 2. The van der Waals surface area contributed by atoms with Crippen LogP contribution in [0.4, 0.5) is 5.69 Å². The number of rotatable bonds is 5. The fourth-order valence-electron chi connectivity index (χ4n) is 4.65. The molecule has 2 N–H and O–H groups in total. The molecule has 0 saturated heterocycles. The molecule has 0 radical (unpaired) electrons. The van der Waals surface area contributed by atoms with Crippen molar-refractivity contribution in [3.05, 3.63) is 113 Å². The molecule has 4 heteroatoms. The zero-order valence-corrected chi connectivity index (χ0v) is 18.2. The minimum absolute atomic E-state index is 0.273. The standard InChI is InChI=1S/C28H27NO3/c1-18-10-9-15-24(19(18)2)29-27(30)25-22(20-11-5-3-6-12-20)16-17-23(26(25)28(31)32)21-13-7-4-8-14-21/h3-17,22-23,25-26H,1-2H3,(H,29,30)(H,31,32)/t22-,23-,25+,26-/m0/s1. The van der Waals surface area contributed by atoms with Gasteiger partial charge in [-0.1, -0.05) is 84.9 Å². The predicted octanol–water partition coefficient (Wildman–Crippen LogP) is 5.70. The van der Waals surface area contributed by atoms with Gasteiger partial charge in [-0.2, -0.15) is 0 Å². The number of carbonyl (C=O) groups excluding carboxylic acids is 1. The first-order chi connectivity index (χ1) is 15.5. The second kappa shape index (κ2) is 9.23. The van der Waals surface area contributed by atoms with Gasteiger partial charge in [-0.25, -0.2) is 0 Å². The summed E-state index contributed by atoms with van der Waals surface area (Å²) in [7, 11) is 0. The Balaban J connectivity index is 1.79. The van der Waals surface area contributed by atoms with Gasteiger partial charge >= 0.3 is 5.97 Å². The molecule has 4 nitrogen and oxygen atoms in total. The number of hydrogen-bond donors (Lipinski definition) is 2. The smallest absolute Gasteiger partial charge is 0.308 e. The number of allylic oxidation sites excluding steroid dienone is 2. The Morgan fingerprint density at radius 2 is 1.25 bits per heavy atom. The predicted molar refractivity (Wildman–Crippen MR) is 127 cm³/mol. The van der Waals surface area contributed by atoms with Gasteiger partial charge in [0, 0.05) is 17.5 Å². The van der Waals surface area contributed by atoms with Crippen molar-refractivity contribution < 1.29 is 14.7 Å². The highest BCUT2D eigenvalue weighted by atomic mass is 16.4. The normalized spacial score (nSPS) is 22.3. The van der Waals surface area contributed by atoms with E-state index in [4.69, 9.17) is 0 Å². The van der Waals surface area contributed by atoms with E-state index in [1.807, 2.05) is 105 Å². The molecule has 4 atom stereocenters. The van der Waals surface area contributed by atoms with Crippen LogP contribution in [-0.4, -0.2) is 17.0 Å². The summed E-state index contributed by atoms with van der Waals surface area (Å²) in [6, 6.07) is 25.0. The Hall–Kier alpha value is -3.66. The summed E-state index contributed by atoms with van der Waals surface area (Å²) in [4.78, 5) is 26.3. The van der Waals surface area contributed by atoms with Gasteiger partial charge in [0.15, 0.2) is 0 Å². The van der Waals surface area contributed by atoms with Crippen LogP contribution in [0.15, 0.2) is 91.0 Å². The minimum Gasteiger partial charge on any atom is -0.481 e. The summed E-state index contributed by atoms with van der Waals surface area (Å²) in [5.74, 6) is -3.61. The lowest BCUT2D eigenvalue weighted by molar-refractivity contribution is -0.147. The molecule has 1 aliphatic rings. The lowest BCUT2D eigenvalue weighted by Crippen LogP contribution is -2.42. The maximum atomic E-state index is 13.7.